The molecule has 0 unspecified atom stereocenters. The van der Waals surface area contributed by atoms with Gasteiger partial charge in [-0.3, -0.25) is 0 Å². The largest absolute Gasteiger partial charge is 0.353 e. The minimum Gasteiger partial charge on any atom is -0.353 e. The standard InChI is InChI=1S/C17H18N4S/c1-20-8-10-21(11-9-20)17-13-5-2-3-6-14(13)18-16(19-17)15-7-4-12-22-15/h2-7,12H,8-11H2,1H3. The highest BCUT2D eigenvalue weighted by molar-refractivity contribution is 7.13. The first-order chi connectivity index (χ1) is 10.8. The Kier molecular flexibility index (Phi) is 3.52. The van der Waals surface area contributed by atoms with Crippen molar-refractivity contribution < 1.29 is 0 Å². The number of fused-ring (bicyclic) bond motifs is 1. The van der Waals surface area contributed by atoms with Crippen LogP contribution in [0.3, 0.4) is 0 Å². The normalized spacial score (nSPS) is 16.3. The Morgan fingerprint density at radius 2 is 1.77 bits per heavy atom. The van der Waals surface area contributed by atoms with Crippen molar-refractivity contribution >= 4 is 28.1 Å². The molecule has 5 heteroatoms. The van der Waals surface area contributed by atoms with Gasteiger partial charge in [0.05, 0.1) is 10.4 Å². The summed E-state index contributed by atoms with van der Waals surface area (Å²) in [6.07, 6.45) is 0. The summed E-state index contributed by atoms with van der Waals surface area (Å²) in [6.45, 7) is 4.18. The highest BCUT2D eigenvalue weighted by Crippen LogP contribution is 2.29. The highest BCUT2D eigenvalue weighted by atomic mass is 32.1. The lowest BCUT2D eigenvalue weighted by molar-refractivity contribution is 0.312. The minimum absolute atomic E-state index is 0.836. The van der Waals surface area contributed by atoms with Gasteiger partial charge < -0.3 is 9.80 Å². The molecule has 0 spiro atoms. The van der Waals surface area contributed by atoms with Crippen LogP contribution in [-0.4, -0.2) is 48.1 Å². The SMILES string of the molecule is CN1CCN(c2nc(-c3cccs3)nc3ccccc23)CC1. The zero-order valence-electron chi connectivity index (χ0n) is 12.6. The molecule has 0 N–H and O–H groups in total. The van der Waals surface area contributed by atoms with Crippen molar-refractivity contribution in [1.82, 2.24) is 14.9 Å². The zero-order valence-corrected chi connectivity index (χ0v) is 13.4. The summed E-state index contributed by atoms with van der Waals surface area (Å²) in [5, 5.41) is 3.22. The summed E-state index contributed by atoms with van der Waals surface area (Å²) < 4.78 is 0. The number of rotatable bonds is 2. The Hall–Kier alpha value is -1.98. The van der Waals surface area contributed by atoms with E-state index in [1.165, 1.54) is 0 Å². The maximum Gasteiger partial charge on any atom is 0.172 e. The van der Waals surface area contributed by atoms with Gasteiger partial charge in [0.25, 0.3) is 0 Å². The number of hydrogen-bond acceptors (Lipinski definition) is 5. The molecule has 0 bridgehead atoms. The van der Waals surface area contributed by atoms with E-state index in [0.717, 1.165) is 53.6 Å². The molecule has 22 heavy (non-hydrogen) atoms. The predicted molar refractivity (Wildman–Crippen MR) is 92.6 cm³/mol. The molecule has 1 aliphatic heterocycles. The van der Waals surface area contributed by atoms with E-state index in [2.05, 4.69) is 46.5 Å². The van der Waals surface area contributed by atoms with E-state index in [4.69, 9.17) is 9.97 Å². The predicted octanol–water partition coefficient (Wildman–Crippen LogP) is 3.11. The van der Waals surface area contributed by atoms with E-state index >= 15 is 0 Å². The number of likely N-dealkylation sites (N-methyl/N-ethyl adjacent to an activating group) is 1. The second kappa shape index (κ2) is 5.66. The third-order valence-corrected chi connectivity index (χ3v) is 4.99. The molecule has 2 aromatic heterocycles. The van der Waals surface area contributed by atoms with Gasteiger partial charge in [-0.25, -0.2) is 9.97 Å². The number of benzene rings is 1. The lowest BCUT2D eigenvalue weighted by Gasteiger charge is -2.33. The van der Waals surface area contributed by atoms with Crippen molar-refractivity contribution in [2.24, 2.45) is 0 Å². The van der Waals surface area contributed by atoms with Crippen LogP contribution >= 0.6 is 11.3 Å². The van der Waals surface area contributed by atoms with E-state index in [9.17, 15) is 0 Å². The topological polar surface area (TPSA) is 32.3 Å². The fourth-order valence-corrected chi connectivity index (χ4v) is 3.49. The van der Waals surface area contributed by atoms with Crippen molar-refractivity contribution in [3.8, 4) is 10.7 Å². The van der Waals surface area contributed by atoms with Crippen LogP contribution in [0, 0.1) is 0 Å². The summed E-state index contributed by atoms with van der Waals surface area (Å²) in [5.74, 6) is 1.91. The first-order valence-electron chi connectivity index (χ1n) is 7.55. The molecule has 0 atom stereocenters. The maximum absolute atomic E-state index is 4.90. The van der Waals surface area contributed by atoms with Crippen LogP contribution < -0.4 is 4.90 Å². The highest BCUT2D eigenvalue weighted by Gasteiger charge is 2.19. The van der Waals surface area contributed by atoms with Crippen LogP contribution in [0.15, 0.2) is 41.8 Å². The van der Waals surface area contributed by atoms with Gasteiger partial charge in [0.15, 0.2) is 5.82 Å². The van der Waals surface area contributed by atoms with Crippen molar-refractivity contribution in [3.05, 3.63) is 41.8 Å². The quantitative estimate of drug-likeness (QED) is 0.728. The summed E-state index contributed by atoms with van der Waals surface area (Å²) in [4.78, 5) is 15.5. The number of piperazine rings is 1. The van der Waals surface area contributed by atoms with E-state index in [-0.39, 0.29) is 0 Å². The average molecular weight is 310 g/mol. The van der Waals surface area contributed by atoms with E-state index < -0.39 is 0 Å². The van der Waals surface area contributed by atoms with Gasteiger partial charge >= 0.3 is 0 Å². The fourth-order valence-electron chi connectivity index (χ4n) is 2.84. The molecular formula is C17H18N4S. The Morgan fingerprint density at radius 3 is 2.55 bits per heavy atom. The molecule has 0 amide bonds. The van der Waals surface area contributed by atoms with E-state index in [1.807, 2.05) is 12.1 Å². The Morgan fingerprint density at radius 1 is 0.955 bits per heavy atom. The summed E-state index contributed by atoms with van der Waals surface area (Å²) >= 11 is 1.69. The Balaban J connectivity index is 1.84. The first-order valence-corrected chi connectivity index (χ1v) is 8.43. The summed E-state index contributed by atoms with van der Waals surface area (Å²) in [7, 11) is 2.17. The maximum atomic E-state index is 4.90. The number of anilines is 1. The molecular weight excluding hydrogens is 292 g/mol. The van der Waals surface area contributed by atoms with Crippen LogP contribution in [0.4, 0.5) is 5.82 Å². The number of para-hydroxylation sites is 1. The molecule has 0 saturated carbocycles. The van der Waals surface area contributed by atoms with Crippen molar-refractivity contribution in [2.45, 2.75) is 0 Å². The Bertz CT molecular complexity index is 776. The van der Waals surface area contributed by atoms with Gasteiger partial charge in [0, 0.05) is 31.6 Å². The number of nitrogens with zero attached hydrogens (tertiary/aromatic N) is 4. The van der Waals surface area contributed by atoms with Crippen LogP contribution in [0.25, 0.3) is 21.6 Å². The van der Waals surface area contributed by atoms with Gasteiger partial charge in [-0.15, -0.1) is 11.3 Å². The molecule has 1 saturated heterocycles. The van der Waals surface area contributed by atoms with Crippen LogP contribution in [-0.2, 0) is 0 Å². The lowest BCUT2D eigenvalue weighted by atomic mass is 10.2. The number of aromatic nitrogens is 2. The molecule has 4 rings (SSSR count). The third-order valence-electron chi connectivity index (χ3n) is 4.13. The van der Waals surface area contributed by atoms with Gasteiger partial charge in [0.2, 0.25) is 0 Å². The zero-order chi connectivity index (χ0) is 14.9. The van der Waals surface area contributed by atoms with Crippen molar-refractivity contribution in [2.75, 3.05) is 38.1 Å². The van der Waals surface area contributed by atoms with Gasteiger partial charge in [0.1, 0.15) is 5.82 Å². The second-order valence-corrected chi connectivity index (χ2v) is 6.60. The fraction of sp³-hybridized carbons (Fsp3) is 0.294. The van der Waals surface area contributed by atoms with Gasteiger partial charge in [-0.2, -0.15) is 0 Å². The molecule has 0 aliphatic carbocycles. The molecule has 1 aromatic carbocycles. The molecule has 1 aliphatic rings. The number of thiophene rings is 1. The van der Waals surface area contributed by atoms with Gasteiger partial charge in [-0.05, 0) is 30.6 Å². The third kappa shape index (κ3) is 2.46. The lowest BCUT2D eigenvalue weighted by Crippen LogP contribution is -2.45. The molecule has 3 heterocycles. The van der Waals surface area contributed by atoms with E-state index in [0.29, 0.717) is 0 Å². The van der Waals surface area contributed by atoms with Crippen LogP contribution in [0.5, 0.6) is 0 Å². The van der Waals surface area contributed by atoms with Crippen molar-refractivity contribution in [1.29, 1.82) is 0 Å². The summed E-state index contributed by atoms with van der Waals surface area (Å²) in [6, 6.07) is 12.4. The van der Waals surface area contributed by atoms with E-state index in [1.54, 1.807) is 11.3 Å². The van der Waals surface area contributed by atoms with Crippen LogP contribution in [0.1, 0.15) is 0 Å². The average Bonchev–Trinajstić information content (AvgIpc) is 3.09. The Labute approximate surface area is 134 Å². The molecule has 0 radical (unpaired) electrons. The molecule has 1 fully saturated rings. The minimum atomic E-state index is 0.836. The smallest absolute Gasteiger partial charge is 0.172 e. The molecule has 4 nitrogen and oxygen atoms in total. The molecule has 3 aromatic rings. The summed E-state index contributed by atoms with van der Waals surface area (Å²) in [5.41, 5.74) is 1.02. The second-order valence-electron chi connectivity index (χ2n) is 5.66. The van der Waals surface area contributed by atoms with Crippen LogP contribution in [0.2, 0.25) is 0 Å². The number of hydrogen-bond donors (Lipinski definition) is 0. The monoisotopic (exact) mass is 310 g/mol. The van der Waals surface area contributed by atoms with Crippen molar-refractivity contribution in [3.63, 3.8) is 0 Å². The molecule has 112 valence electrons. The first kappa shape index (κ1) is 13.7. The van der Waals surface area contributed by atoms with Gasteiger partial charge in [-0.1, -0.05) is 18.2 Å².